The van der Waals surface area contributed by atoms with Crippen LogP contribution in [0.3, 0.4) is 0 Å². The van der Waals surface area contributed by atoms with Crippen molar-refractivity contribution in [1.29, 1.82) is 0 Å². The Balaban J connectivity index is 1.72. The van der Waals surface area contributed by atoms with Crippen LogP contribution in [-0.2, 0) is 16.0 Å². The number of nitrogens with zero attached hydrogens (tertiary/aromatic N) is 1. The molecule has 1 aliphatic carbocycles. The van der Waals surface area contributed by atoms with Gasteiger partial charge in [-0.15, -0.1) is 0 Å². The number of aromatic nitrogens is 1. The first kappa shape index (κ1) is 13.5. The minimum Gasteiger partial charge on any atom is -0.481 e. The molecule has 1 aromatic rings. The minimum absolute atomic E-state index is 0.0114. The number of aryl methyl sites for hydroxylation is 1. The highest BCUT2D eigenvalue weighted by Gasteiger charge is 2.30. The van der Waals surface area contributed by atoms with Crippen molar-refractivity contribution in [3.05, 3.63) is 30.1 Å². The average molecular weight is 262 g/mol. The predicted molar refractivity (Wildman–Crippen MR) is 69.5 cm³/mol. The van der Waals surface area contributed by atoms with Gasteiger partial charge in [0.2, 0.25) is 5.91 Å². The maximum atomic E-state index is 11.8. The van der Waals surface area contributed by atoms with Gasteiger partial charge < -0.3 is 10.4 Å². The number of carboxylic acid groups (broad SMARTS) is 1. The lowest BCUT2D eigenvalue weighted by Crippen LogP contribution is -2.33. The van der Waals surface area contributed by atoms with Crippen molar-refractivity contribution >= 4 is 11.9 Å². The first-order valence-electron chi connectivity index (χ1n) is 6.57. The Morgan fingerprint density at radius 3 is 2.84 bits per heavy atom. The van der Waals surface area contributed by atoms with Crippen LogP contribution in [0.5, 0.6) is 0 Å². The smallest absolute Gasteiger partial charge is 0.306 e. The predicted octanol–water partition coefficient (Wildman–Crippen LogP) is 1.38. The molecular formula is C14H18N2O3. The zero-order valence-electron chi connectivity index (χ0n) is 10.7. The molecule has 2 atom stereocenters. The summed E-state index contributed by atoms with van der Waals surface area (Å²) in [6.07, 6.45) is 4.67. The Kier molecular flexibility index (Phi) is 4.49. The number of carbonyl (C=O) groups excluding carboxylic acids is 1. The highest BCUT2D eigenvalue weighted by Crippen LogP contribution is 2.25. The van der Waals surface area contributed by atoms with Gasteiger partial charge in [-0.25, -0.2) is 0 Å². The molecule has 1 heterocycles. The minimum atomic E-state index is -0.759. The van der Waals surface area contributed by atoms with E-state index in [1.165, 1.54) is 0 Å². The van der Waals surface area contributed by atoms with E-state index in [1.807, 2.05) is 18.2 Å². The van der Waals surface area contributed by atoms with Crippen LogP contribution in [0.2, 0.25) is 0 Å². The summed E-state index contributed by atoms with van der Waals surface area (Å²) in [5.41, 5.74) is 0.896. The third-order valence-electron chi connectivity index (χ3n) is 3.48. The van der Waals surface area contributed by atoms with Crippen molar-refractivity contribution in [3.8, 4) is 0 Å². The average Bonchev–Trinajstić information content (AvgIpc) is 2.86. The van der Waals surface area contributed by atoms with Crippen LogP contribution in [0.15, 0.2) is 24.4 Å². The van der Waals surface area contributed by atoms with Gasteiger partial charge in [-0.2, -0.15) is 0 Å². The maximum Gasteiger partial charge on any atom is 0.306 e. The summed E-state index contributed by atoms with van der Waals surface area (Å²) in [7, 11) is 0. The van der Waals surface area contributed by atoms with Gasteiger partial charge in [0.25, 0.3) is 0 Å². The van der Waals surface area contributed by atoms with Gasteiger partial charge >= 0.3 is 5.97 Å². The summed E-state index contributed by atoms with van der Waals surface area (Å²) in [6, 6.07) is 5.64. The van der Waals surface area contributed by atoms with E-state index < -0.39 is 5.97 Å². The molecule has 0 bridgehead atoms. The van der Waals surface area contributed by atoms with E-state index >= 15 is 0 Å². The van der Waals surface area contributed by atoms with E-state index in [2.05, 4.69) is 10.3 Å². The molecule has 5 nitrogen and oxygen atoms in total. The summed E-state index contributed by atoms with van der Waals surface area (Å²) < 4.78 is 0. The van der Waals surface area contributed by atoms with E-state index in [1.54, 1.807) is 6.20 Å². The highest BCUT2D eigenvalue weighted by atomic mass is 16.4. The first-order chi connectivity index (χ1) is 9.15. The lowest BCUT2D eigenvalue weighted by Gasteiger charge is -2.12. The number of hydrogen-bond donors (Lipinski definition) is 2. The van der Waals surface area contributed by atoms with Crippen molar-refractivity contribution in [2.24, 2.45) is 5.92 Å². The Bertz CT molecular complexity index is 447. The van der Waals surface area contributed by atoms with E-state index in [0.29, 0.717) is 25.7 Å². The molecule has 102 valence electrons. The lowest BCUT2D eigenvalue weighted by atomic mass is 10.1. The van der Waals surface area contributed by atoms with Crippen LogP contribution in [0, 0.1) is 5.92 Å². The number of amides is 1. The zero-order valence-corrected chi connectivity index (χ0v) is 10.7. The van der Waals surface area contributed by atoms with Gasteiger partial charge in [-0.05, 0) is 37.8 Å². The first-order valence-corrected chi connectivity index (χ1v) is 6.57. The topological polar surface area (TPSA) is 79.3 Å². The van der Waals surface area contributed by atoms with Gasteiger partial charge in [0, 0.05) is 24.4 Å². The Morgan fingerprint density at radius 2 is 2.21 bits per heavy atom. The summed E-state index contributed by atoms with van der Waals surface area (Å²) in [4.78, 5) is 26.7. The van der Waals surface area contributed by atoms with Gasteiger partial charge in [-0.3, -0.25) is 14.6 Å². The molecule has 0 saturated heterocycles. The highest BCUT2D eigenvalue weighted by molar-refractivity contribution is 5.77. The van der Waals surface area contributed by atoms with Crippen molar-refractivity contribution in [2.45, 2.75) is 38.1 Å². The standard InChI is InChI=1S/C14H18N2O3/c17-13(7-6-11-3-1-2-8-15-11)16-12-5-4-10(9-12)14(18)19/h1-3,8,10,12H,4-7,9H2,(H,16,17)(H,18,19)/t10-,12+/m1/s1. The molecule has 0 unspecified atom stereocenters. The third kappa shape index (κ3) is 4.05. The second kappa shape index (κ2) is 6.31. The fourth-order valence-corrected chi connectivity index (χ4v) is 2.42. The molecule has 1 saturated carbocycles. The van der Waals surface area contributed by atoms with Gasteiger partial charge in [-0.1, -0.05) is 6.07 Å². The van der Waals surface area contributed by atoms with E-state index in [0.717, 1.165) is 12.1 Å². The fraction of sp³-hybridized carbons (Fsp3) is 0.500. The van der Waals surface area contributed by atoms with Crippen molar-refractivity contribution in [2.75, 3.05) is 0 Å². The Morgan fingerprint density at radius 1 is 1.37 bits per heavy atom. The Labute approximate surface area is 112 Å². The van der Waals surface area contributed by atoms with Crippen LogP contribution in [-0.4, -0.2) is 28.0 Å². The number of carboxylic acids is 1. The molecule has 1 aromatic heterocycles. The van der Waals surface area contributed by atoms with E-state index in [4.69, 9.17) is 5.11 Å². The van der Waals surface area contributed by atoms with Crippen molar-refractivity contribution < 1.29 is 14.7 Å². The molecule has 1 amide bonds. The Hall–Kier alpha value is -1.91. The SMILES string of the molecule is O=C(CCc1ccccn1)N[C@H]1CC[C@@H](C(=O)O)C1. The number of carbonyl (C=O) groups is 2. The van der Waals surface area contributed by atoms with Crippen LogP contribution in [0.1, 0.15) is 31.4 Å². The molecule has 2 rings (SSSR count). The fourth-order valence-electron chi connectivity index (χ4n) is 2.42. The lowest BCUT2D eigenvalue weighted by molar-refractivity contribution is -0.141. The normalized spacial score (nSPS) is 22.1. The summed E-state index contributed by atoms with van der Waals surface area (Å²) in [5.74, 6) is -1.09. The largest absolute Gasteiger partial charge is 0.481 e. The molecule has 0 aromatic carbocycles. The summed E-state index contributed by atoms with van der Waals surface area (Å²) >= 11 is 0. The van der Waals surface area contributed by atoms with Crippen LogP contribution in [0.25, 0.3) is 0 Å². The van der Waals surface area contributed by atoms with Gasteiger partial charge in [0.15, 0.2) is 0 Å². The van der Waals surface area contributed by atoms with Crippen LogP contribution >= 0.6 is 0 Å². The quantitative estimate of drug-likeness (QED) is 0.840. The molecule has 0 spiro atoms. The molecule has 0 radical (unpaired) electrons. The maximum absolute atomic E-state index is 11.8. The monoisotopic (exact) mass is 262 g/mol. The second-order valence-electron chi connectivity index (χ2n) is 4.93. The van der Waals surface area contributed by atoms with E-state index in [-0.39, 0.29) is 17.9 Å². The molecule has 19 heavy (non-hydrogen) atoms. The number of rotatable bonds is 5. The summed E-state index contributed by atoms with van der Waals surface area (Å²) in [5, 5.41) is 11.8. The van der Waals surface area contributed by atoms with E-state index in [9.17, 15) is 9.59 Å². The molecule has 0 aliphatic heterocycles. The summed E-state index contributed by atoms with van der Waals surface area (Å²) in [6.45, 7) is 0. The van der Waals surface area contributed by atoms with Gasteiger partial charge in [0.1, 0.15) is 0 Å². The number of pyridine rings is 1. The van der Waals surface area contributed by atoms with Crippen LogP contribution < -0.4 is 5.32 Å². The van der Waals surface area contributed by atoms with Crippen molar-refractivity contribution in [3.63, 3.8) is 0 Å². The van der Waals surface area contributed by atoms with Gasteiger partial charge in [0.05, 0.1) is 5.92 Å². The molecular weight excluding hydrogens is 244 g/mol. The zero-order chi connectivity index (χ0) is 13.7. The molecule has 1 fully saturated rings. The molecule has 5 heteroatoms. The molecule has 2 N–H and O–H groups in total. The molecule has 1 aliphatic rings. The number of nitrogens with one attached hydrogen (secondary N) is 1. The number of hydrogen-bond acceptors (Lipinski definition) is 3. The number of aliphatic carboxylic acids is 1. The second-order valence-corrected chi connectivity index (χ2v) is 4.93. The van der Waals surface area contributed by atoms with Crippen LogP contribution in [0.4, 0.5) is 0 Å². The van der Waals surface area contributed by atoms with Crippen molar-refractivity contribution in [1.82, 2.24) is 10.3 Å². The third-order valence-corrected chi connectivity index (χ3v) is 3.48.